The molecule has 0 heterocycles. The first kappa shape index (κ1) is 20.3. The van der Waals surface area contributed by atoms with Crippen molar-refractivity contribution in [2.75, 3.05) is 6.61 Å². The zero-order valence-electron chi connectivity index (χ0n) is 12.8. The number of carbonyl (C=O) groups is 2. The van der Waals surface area contributed by atoms with Gasteiger partial charge in [-0.2, -0.15) is 8.78 Å². The number of esters is 1. The Morgan fingerprint density at radius 2 is 1.54 bits per heavy atom. The summed E-state index contributed by atoms with van der Waals surface area (Å²) >= 11 is 11.5. The summed E-state index contributed by atoms with van der Waals surface area (Å²) in [5.41, 5.74) is 0.0886. The third kappa shape index (κ3) is 4.57. The van der Waals surface area contributed by atoms with Gasteiger partial charge in [0.15, 0.2) is 12.4 Å². The van der Waals surface area contributed by atoms with E-state index in [1.54, 1.807) is 0 Å². The van der Waals surface area contributed by atoms with E-state index in [0.29, 0.717) is 0 Å². The summed E-state index contributed by atoms with van der Waals surface area (Å²) in [6.45, 7) is -0.589. The summed E-state index contributed by atoms with van der Waals surface area (Å²) in [5.74, 6) is -5.02. The van der Waals surface area contributed by atoms with Gasteiger partial charge in [-0.1, -0.05) is 23.2 Å². The van der Waals surface area contributed by atoms with Crippen LogP contribution in [0, 0.1) is 0 Å². The van der Waals surface area contributed by atoms with E-state index in [4.69, 9.17) is 27.9 Å². The Hall–Kier alpha value is -2.03. The number of rotatable bonds is 6. The first-order valence-electron chi connectivity index (χ1n) is 6.90. The van der Waals surface area contributed by atoms with E-state index in [0.717, 1.165) is 24.3 Å². The molecule has 5 nitrogen and oxygen atoms in total. The standard InChI is InChI=1S/C16H10Cl2F2O5S/c17-12-6-3-10(7-13(12)18)14(21)8-25-15(22)9-1-4-11(5-2-9)26(23,24)16(19)20/h1-7,16H,8H2. The lowest BCUT2D eigenvalue weighted by Gasteiger charge is -2.07. The number of benzene rings is 2. The highest BCUT2D eigenvalue weighted by atomic mass is 35.5. The van der Waals surface area contributed by atoms with Crippen LogP contribution in [0.15, 0.2) is 47.4 Å². The Balaban J connectivity index is 2.04. The molecule has 0 N–H and O–H groups in total. The van der Waals surface area contributed by atoms with Crippen LogP contribution in [0.2, 0.25) is 10.0 Å². The van der Waals surface area contributed by atoms with Gasteiger partial charge in [0.2, 0.25) is 9.84 Å². The molecule has 0 aliphatic carbocycles. The van der Waals surface area contributed by atoms with Crippen molar-refractivity contribution in [3.63, 3.8) is 0 Å². The van der Waals surface area contributed by atoms with E-state index in [1.807, 2.05) is 0 Å². The predicted octanol–water partition coefficient (Wildman–Crippen LogP) is 4.03. The highest BCUT2D eigenvalue weighted by molar-refractivity contribution is 7.91. The van der Waals surface area contributed by atoms with E-state index < -0.39 is 38.8 Å². The zero-order chi connectivity index (χ0) is 19.5. The number of ether oxygens (including phenoxy) is 1. The normalized spacial score (nSPS) is 11.4. The minimum absolute atomic E-state index is 0.0971. The molecule has 0 saturated heterocycles. The van der Waals surface area contributed by atoms with Gasteiger partial charge in [0, 0.05) is 5.56 Å². The summed E-state index contributed by atoms with van der Waals surface area (Å²) in [4.78, 5) is 23.2. The molecule has 0 saturated carbocycles. The number of hydrogen-bond donors (Lipinski definition) is 0. The molecule has 0 aliphatic heterocycles. The second-order valence-corrected chi connectivity index (χ2v) is 7.69. The minimum Gasteiger partial charge on any atom is -0.454 e. The summed E-state index contributed by atoms with van der Waals surface area (Å²) in [7, 11) is -4.75. The number of ketones is 1. The zero-order valence-corrected chi connectivity index (χ0v) is 15.1. The van der Waals surface area contributed by atoms with Crippen LogP contribution in [0.5, 0.6) is 0 Å². The number of halogens is 4. The summed E-state index contributed by atoms with van der Waals surface area (Å²) in [5, 5.41) is 0.429. The number of alkyl halides is 2. The third-order valence-electron chi connectivity index (χ3n) is 3.23. The van der Waals surface area contributed by atoms with Gasteiger partial charge in [0.1, 0.15) is 0 Å². The lowest BCUT2D eigenvalue weighted by molar-refractivity contribution is 0.0474. The van der Waals surface area contributed by atoms with Crippen molar-refractivity contribution in [1.29, 1.82) is 0 Å². The van der Waals surface area contributed by atoms with Crippen LogP contribution in [0.4, 0.5) is 8.78 Å². The van der Waals surface area contributed by atoms with Crippen LogP contribution in [-0.2, 0) is 14.6 Å². The highest BCUT2D eigenvalue weighted by Gasteiger charge is 2.26. The van der Waals surface area contributed by atoms with Crippen molar-refractivity contribution in [3.8, 4) is 0 Å². The van der Waals surface area contributed by atoms with Crippen LogP contribution >= 0.6 is 23.2 Å². The monoisotopic (exact) mass is 422 g/mol. The first-order chi connectivity index (χ1) is 12.1. The average Bonchev–Trinajstić information content (AvgIpc) is 2.61. The second-order valence-electron chi connectivity index (χ2n) is 4.96. The predicted molar refractivity (Wildman–Crippen MR) is 90.7 cm³/mol. The lowest BCUT2D eigenvalue weighted by Crippen LogP contribution is -2.15. The van der Waals surface area contributed by atoms with Crippen molar-refractivity contribution in [3.05, 3.63) is 63.6 Å². The Bertz CT molecular complexity index is 944. The fraction of sp³-hybridized carbons (Fsp3) is 0.125. The number of Topliss-reactive ketones (excluding diaryl/α,β-unsaturated/α-hetero) is 1. The molecule has 0 fully saturated rings. The summed E-state index contributed by atoms with van der Waals surface area (Å²) in [6, 6.07) is 7.90. The maximum atomic E-state index is 12.4. The second kappa shape index (κ2) is 8.11. The molecule has 0 bridgehead atoms. The minimum atomic E-state index is -4.75. The van der Waals surface area contributed by atoms with Crippen molar-refractivity contribution in [2.24, 2.45) is 0 Å². The van der Waals surface area contributed by atoms with Gasteiger partial charge in [0.05, 0.1) is 20.5 Å². The molecule has 26 heavy (non-hydrogen) atoms. The topological polar surface area (TPSA) is 77.5 Å². The number of carbonyl (C=O) groups excluding carboxylic acids is 2. The van der Waals surface area contributed by atoms with Crippen molar-refractivity contribution < 1.29 is 31.5 Å². The summed E-state index contributed by atoms with van der Waals surface area (Å²) < 4.78 is 52.3. The molecule has 2 aromatic carbocycles. The van der Waals surface area contributed by atoms with Gasteiger partial charge in [-0.15, -0.1) is 0 Å². The molecule has 138 valence electrons. The van der Waals surface area contributed by atoms with Crippen LogP contribution in [0.25, 0.3) is 0 Å². The molecule has 0 aliphatic rings. The fourth-order valence-corrected chi connectivity index (χ4v) is 2.87. The molecular formula is C16H10Cl2F2O5S. The highest BCUT2D eigenvalue weighted by Crippen LogP contribution is 2.23. The molecule has 0 spiro atoms. The van der Waals surface area contributed by atoms with E-state index in [1.165, 1.54) is 18.2 Å². The SMILES string of the molecule is O=C(COC(=O)c1ccc(S(=O)(=O)C(F)F)cc1)c1ccc(Cl)c(Cl)c1. The molecule has 0 atom stereocenters. The van der Waals surface area contributed by atoms with Gasteiger partial charge in [-0.05, 0) is 42.5 Å². The molecule has 2 aromatic rings. The Morgan fingerprint density at radius 1 is 0.962 bits per heavy atom. The Morgan fingerprint density at radius 3 is 2.08 bits per heavy atom. The average molecular weight is 423 g/mol. The Kier molecular flexibility index (Phi) is 6.33. The van der Waals surface area contributed by atoms with Gasteiger partial charge in [-0.25, -0.2) is 13.2 Å². The van der Waals surface area contributed by atoms with E-state index in [2.05, 4.69) is 0 Å². The van der Waals surface area contributed by atoms with Crippen LogP contribution in [0.1, 0.15) is 20.7 Å². The van der Waals surface area contributed by atoms with Gasteiger partial charge < -0.3 is 4.74 Å². The number of hydrogen-bond acceptors (Lipinski definition) is 5. The van der Waals surface area contributed by atoms with Gasteiger partial charge in [0.25, 0.3) is 0 Å². The molecule has 0 radical (unpaired) electrons. The van der Waals surface area contributed by atoms with E-state index in [-0.39, 0.29) is 21.2 Å². The van der Waals surface area contributed by atoms with E-state index in [9.17, 15) is 26.8 Å². The molecular weight excluding hydrogens is 413 g/mol. The quantitative estimate of drug-likeness (QED) is 0.518. The van der Waals surface area contributed by atoms with Crippen LogP contribution < -0.4 is 0 Å². The van der Waals surface area contributed by atoms with Crippen LogP contribution in [-0.4, -0.2) is 32.5 Å². The largest absolute Gasteiger partial charge is 0.454 e. The fourth-order valence-electron chi connectivity index (χ4n) is 1.85. The lowest BCUT2D eigenvalue weighted by atomic mass is 10.1. The molecule has 10 heteroatoms. The van der Waals surface area contributed by atoms with Gasteiger partial charge >= 0.3 is 11.7 Å². The molecule has 2 rings (SSSR count). The summed E-state index contributed by atoms with van der Waals surface area (Å²) in [6.07, 6.45) is 0. The van der Waals surface area contributed by atoms with Gasteiger partial charge in [-0.3, -0.25) is 4.79 Å². The molecule has 0 aromatic heterocycles. The molecule has 0 amide bonds. The van der Waals surface area contributed by atoms with Crippen molar-refractivity contribution >= 4 is 44.8 Å². The van der Waals surface area contributed by atoms with E-state index >= 15 is 0 Å². The maximum Gasteiger partial charge on any atom is 0.341 e. The first-order valence-corrected chi connectivity index (χ1v) is 9.20. The van der Waals surface area contributed by atoms with Crippen LogP contribution in [0.3, 0.4) is 0 Å². The smallest absolute Gasteiger partial charge is 0.341 e. The molecule has 0 unspecified atom stereocenters. The van der Waals surface area contributed by atoms with Crippen molar-refractivity contribution in [1.82, 2.24) is 0 Å². The Labute approximate surface area is 157 Å². The van der Waals surface area contributed by atoms with Crippen molar-refractivity contribution in [2.45, 2.75) is 10.7 Å². The maximum absolute atomic E-state index is 12.4. The third-order valence-corrected chi connectivity index (χ3v) is 5.37. The number of sulfone groups is 1.